The van der Waals surface area contributed by atoms with Crippen LogP contribution in [0.3, 0.4) is 0 Å². The van der Waals surface area contributed by atoms with Crippen LogP contribution in [-0.2, 0) is 9.59 Å². The third-order valence-corrected chi connectivity index (χ3v) is 3.43. The van der Waals surface area contributed by atoms with Gasteiger partial charge in [0, 0.05) is 12.6 Å². The van der Waals surface area contributed by atoms with E-state index in [0.29, 0.717) is 29.4 Å². The van der Waals surface area contributed by atoms with Gasteiger partial charge in [0.25, 0.3) is 0 Å². The molecule has 0 bridgehead atoms. The molecule has 1 aliphatic heterocycles. The van der Waals surface area contributed by atoms with Crippen molar-refractivity contribution < 1.29 is 14.3 Å². The lowest BCUT2D eigenvalue weighted by molar-refractivity contribution is -0.126. The SMILES string of the molecule is CC(C)Oc1ncc(Cl)cc1NC(=O)[C@H]1CCCCC(=O)N1. The minimum atomic E-state index is -0.541. The fourth-order valence-electron chi connectivity index (χ4n) is 2.22. The van der Waals surface area contributed by atoms with Crippen molar-refractivity contribution in [1.29, 1.82) is 0 Å². The Hall–Kier alpha value is -1.82. The molecule has 0 saturated carbocycles. The van der Waals surface area contributed by atoms with E-state index >= 15 is 0 Å². The Morgan fingerprint density at radius 1 is 1.50 bits per heavy atom. The van der Waals surface area contributed by atoms with Gasteiger partial charge < -0.3 is 15.4 Å². The average Bonchev–Trinajstić information content (AvgIpc) is 2.66. The summed E-state index contributed by atoms with van der Waals surface area (Å²) < 4.78 is 5.56. The molecule has 2 amide bonds. The predicted octanol–water partition coefficient (Wildman–Crippen LogP) is 2.52. The highest BCUT2D eigenvalue weighted by Gasteiger charge is 2.24. The van der Waals surface area contributed by atoms with Gasteiger partial charge in [-0.15, -0.1) is 0 Å². The van der Waals surface area contributed by atoms with Crippen LogP contribution in [-0.4, -0.2) is 28.9 Å². The summed E-state index contributed by atoms with van der Waals surface area (Å²) in [7, 11) is 0. The second-order valence-electron chi connectivity index (χ2n) is 5.53. The Kier molecular flexibility index (Phi) is 5.60. The Labute approximate surface area is 134 Å². The maximum atomic E-state index is 12.4. The highest BCUT2D eigenvalue weighted by atomic mass is 35.5. The first-order valence-corrected chi connectivity index (χ1v) is 7.76. The Morgan fingerprint density at radius 2 is 2.27 bits per heavy atom. The zero-order valence-electron chi connectivity index (χ0n) is 12.7. The molecule has 1 aromatic heterocycles. The number of rotatable bonds is 4. The van der Waals surface area contributed by atoms with Gasteiger partial charge >= 0.3 is 0 Å². The van der Waals surface area contributed by atoms with E-state index in [1.165, 1.54) is 6.20 Å². The highest BCUT2D eigenvalue weighted by molar-refractivity contribution is 6.30. The molecule has 1 saturated heterocycles. The molecule has 0 aliphatic carbocycles. The van der Waals surface area contributed by atoms with Gasteiger partial charge in [0.2, 0.25) is 17.7 Å². The lowest BCUT2D eigenvalue weighted by Crippen LogP contribution is -2.42. The number of aromatic nitrogens is 1. The molecule has 0 aromatic carbocycles. The number of amides is 2. The predicted molar refractivity (Wildman–Crippen MR) is 84.0 cm³/mol. The number of pyridine rings is 1. The maximum Gasteiger partial charge on any atom is 0.247 e. The lowest BCUT2D eigenvalue weighted by Gasteiger charge is -2.18. The molecule has 1 aliphatic rings. The molecule has 1 atom stereocenters. The first-order valence-electron chi connectivity index (χ1n) is 7.38. The van der Waals surface area contributed by atoms with Crippen molar-refractivity contribution in [2.24, 2.45) is 0 Å². The van der Waals surface area contributed by atoms with Gasteiger partial charge in [-0.2, -0.15) is 0 Å². The summed E-state index contributed by atoms with van der Waals surface area (Å²) in [4.78, 5) is 28.0. The number of anilines is 1. The summed E-state index contributed by atoms with van der Waals surface area (Å²) in [6.07, 6.45) is 4.09. The maximum absolute atomic E-state index is 12.4. The molecule has 0 spiro atoms. The van der Waals surface area contributed by atoms with Crippen LogP contribution >= 0.6 is 11.6 Å². The zero-order chi connectivity index (χ0) is 16.1. The normalized spacial score (nSPS) is 18.5. The molecule has 2 N–H and O–H groups in total. The summed E-state index contributed by atoms with van der Waals surface area (Å²) in [5.41, 5.74) is 0.407. The Balaban J connectivity index is 2.12. The Bertz CT molecular complexity index is 563. The second-order valence-corrected chi connectivity index (χ2v) is 5.96. The van der Waals surface area contributed by atoms with E-state index in [1.54, 1.807) is 6.07 Å². The van der Waals surface area contributed by atoms with E-state index in [1.807, 2.05) is 13.8 Å². The van der Waals surface area contributed by atoms with Gasteiger partial charge in [0.1, 0.15) is 11.7 Å². The fourth-order valence-corrected chi connectivity index (χ4v) is 2.38. The zero-order valence-corrected chi connectivity index (χ0v) is 13.4. The van der Waals surface area contributed by atoms with Crippen LogP contribution in [0.1, 0.15) is 39.5 Å². The van der Waals surface area contributed by atoms with Crippen LogP contribution in [0.15, 0.2) is 12.3 Å². The van der Waals surface area contributed by atoms with Crippen molar-refractivity contribution in [3.63, 3.8) is 0 Å². The first-order chi connectivity index (χ1) is 10.5. The molecule has 2 heterocycles. The molecule has 120 valence electrons. The summed E-state index contributed by atoms with van der Waals surface area (Å²) in [5, 5.41) is 5.88. The molecule has 0 radical (unpaired) electrons. The topological polar surface area (TPSA) is 80.3 Å². The summed E-state index contributed by atoms with van der Waals surface area (Å²) in [6.45, 7) is 3.74. The van der Waals surface area contributed by atoms with E-state index in [0.717, 1.165) is 12.8 Å². The van der Waals surface area contributed by atoms with E-state index in [9.17, 15) is 9.59 Å². The number of carbonyl (C=O) groups is 2. The monoisotopic (exact) mass is 325 g/mol. The first kappa shape index (κ1) is 16.5. The van der Waals surface area contributed by atoms with Crippen molar-refractivity contribution in [1.82, 2.24) is 10.3 Å². The number of ether oxygens (including phenoxy) is 1. The summed E-state index contributed by atoms with van der Waals surface area (Å²) >= 11 is 5.93. The van der Waals surface area contributed by atoms with Crippen molar-refractivity contribution in [2.75, 3.05) is 5.32 Å². The second kappa shape index (κ2) is 7.45. The number of halogens is 1. The third-order valence-electron chi connectivity index (χ3n) is 3.22. The van der Waals surface area contributed by atoms with Crippen LogP contribution < -0.4 is 15.4 Å². The largest absolute Gasteiger partial charge is 0.473 e. The van der Waals surface area contributed by atoms with Crippen molar-refractivity contribution in [2.45, 2.75) is 51.7 Å². The van der Waals surface area contributed by atoms with Crippen molar-refractivity contribution in [3.8, 4) is 5.88 Å². The van der Waals surface area contributed by atoms with Crippen LogP contribution in [0, 0.1) is 0 Å². The van der Waals surface area contributed by atoms with Gasteiger partial charge in [-0.05, 0) is 32.8 Å². The standard InChI is InChI=1S/C15H20ClN3O3/c1-9(2)22-15-12(7-10(16)8-17-15)19-14(21)11-5-3-4-6-13(20)18-11/h7-9,11H,3-6H2,1-2H3,(H,18,20)(H,19,21)/t11-/m1/s1. The Morgan fingerprint density at radius 3 is 3.00 bits per heavy atom. The van der Waals surface area contributed by atoms with Gasteiger partial charge in [0.15, 0.2) is 0 Å². The molecule has 7 heteroatoms. The smallest absolute Gasteiger partial charge is 0.247 e. The molecule has 1 aromatic rings. The van der Waals surface area contributed by atoms with E-state index in [-0.39, 0.29) is 17.9 Å². The van der Waals surface area contributed by atoms with Gasteiger partial charge in [-0.1, -0.05) is 18.0 Å². The van der Waals surface area contributed by atoms with E-state index in [4.69, 9.17) is 16.3 Å². The van der Waals surface area contributed by atoms with E-state index in [2.05, 4.69) is 15.6 Å². The molecule has 0 unspecified atom stereocenters. The minimum absolute atomic E-state index is 0.0816. The number of nitrogens with zero attached hydrogens (tertiary/aromatic N) is 1. The molecular formula is C15H20ClN3O3. The van der Waals surface area contributed by atoms with Gasteiger partial charge in [-0.25, -0.2) is 4.98 Å². The number of nitrogens with one attached hydrogen (secondary N) is 2. The van der Waals surface area contributed by atoms with Crippen molar-refractivity contribution in [3.05, 3.63) is 17.3 Å². The number of carbonyl (C=O) groups excluding carboxylic acids is 2. The molecule has 1 fully saturated rings. The summed E-state index contributed by atoms with van der Waals surface area (Å²) in [6, 6.07) is 1.05. The molecule has 22 heavy (non-hydrogen) atoms. The van der Waals surface area contributed by atoms with Crippen molar-refractivity contribution >= 4 is 29.1 Å². The van der Waals surface area contributed by atoms with Gasteiger partial charge in [0.05, 0.1) is 11.1 Å². The summed E-state index contributed by atoms with van der Waals surface area (Å²) in [5.74, 6) is -0.0684. The fraction of sp³-hybridized carbons (Fsp3) is 0.533. The molecule has 2 rings (SSSR count). The van der Waals surface area contributed by atoms with Crippen LogP contribution in [0.4, 0.5) is 5.69 Å². The third kappa shape index (κ3) is 4.59. The van der Waals surface area contributed by atoms with E-state index < -0.39 is 6.04 Å². The average molecular weight is 326 g/mol. The number of hydrogen-bond donors (Lipinski definition) is 2. The minimum Gasteiger partial charge on any atom is -0.473 e. The van der Waals surface area contributed by atoms with Gasteiger partial charge in [-0.3, -0.25) is 9.59 Å². The highest BCUT2D eigenvalue weighted by Crippen LogP contribution is 2.26. The van der Waals surface area contributed by atoms with Crippen LogP contribution in [0.5, 0.6) is 5.88 Å². The van der Waals surface area contributed by atoms with Crippen LogP contribution in [0.2, 0.25) is 5.02 Å². The quantitative estimate of drug-likeness (QED) is 0.891. The number of hydrogen-bond acceptors (Lipinski definition) is 4. The lowest BCUT2D eigenvalue weighted by atomic mass is 10.1. The molecule has 6 nitrogen and oxygen atoms in total. The molecular weight excluding hydrogens is 306 g/mol. The van der Waals surface area contributed by atoms with Crippen LogP contribution in [0.25, 0.3) is 0 Å².